The van der Waals surface area contributed by atoms with Crippen LogP contribution in [-0.2, 0) is 11.2 Å². The highest BCUT2D eigenvalue weighted by atomic mass is 35.5. The molecular weight excluding hydrogens is 549 g/mol. The standard InChI is InChI=1S/C31H33ClFN3O5/c1-35-11-13-36(14-12-35)29(37)34-27-18-24(19-5-4-6-22(33)15-19)31(20-7-9-21(32)10-8-20)30(27,38)28-25(40-3)16-23(39-2)17-26(28)41-31/h4-10,15-17,24,27,38H,11-14,18H2,1-3H3,(H,34,37)/t24-,27-,30+,31-/m0/s1. The van der Waals surface area contributed by atoms with Crippen molar-refractivity contribution < 1.29 is 28.5 Å². The molecule has 10 heteroatoms. The molecule has 8 nitrogen and oxygen atoms in total. The van der Waals surface area contributed by atoms with Gasteiger partial charge in [0, 0.05) is 49.3 Å². The number of benzene rings is 3. The second-order valence-corrected chi connectivity index (χ2v) is 11.4. The number of ether oxygens (including phenoxy) is 3. The molecule has 0 unspecified atom stereocenters. The van der Waals surface area contributed by atoms with Gasteiger partial charge in [-0.25, -0.2) is 9.18 Å². The number of piperazine rings is 1. The number of likely N-dealkylation sites (N-methyl/N-ethyl adjacent to an activating group) is 1. The van der Waals surface area contributed by atoms with E-state index in [0.717, 1.165) is 13.1 Å². The quantitative estimate of drug-likeness (QED) is 0.462. The summed E-state index contributed by atoms with van der Waals surface area (Å²) in [5.41, 5.74) is -1.61. The van der Waals surface area contributed by atoms with Gasteiger partial charge in [-0.3, -0.25) is 0 Å². The van der Waals surface area contributed by atoms with E-state index in [-0.39, 0.29) is 12.5 Å². The number of hydrogen-bond donors (Lipinski definition) is 2. The smallest absolute Gasteiger partial charge is 0.317 e. The Kier molecular flexibility index (Phi) is 7.00. The maximum atomic E-state index is 14.7. The number of methoxy groups -OCH3 is 2. The van der Waals surface area contributed by atoms with Crippen LogP contribution in [0.3, 0.4) is 0 Å². The molecule has 3 aromatic carbocycles. The molecule has 2 amide bonds. The highest BCUT2D eigenvalue weighted by Crippen LogP contribution is 2.68. The zero-order chi connectivity index (χ0) is 28.9. The van der Waals surface area contributed by atoms with Gasteiger partial charge < -0.3 is 34.4 Å². The van der Waals surface area contributed by atoms with E-state index >= 15 is 0 Å². The fourth-order valence-electron chi connectivity index (χ4n) is 6.76. The summed E-state index contributed by atoms with van der Waals surface area (Å²) in [6.07, 6.45) is 0.274. The van der Waals surface area contributed by atoms with E-state index in [1.54, 1.807) is 47.4 Å². The molecule has 0 spiro atoms. The predicted octanol–water partition coefficient (Wildman–Crippen LogP) is 4.48. The predicted molar refractivity (Wildman–Crippen MR) is 152 cm³/mol. The van der Waals surface area contributed by atoms with Crippen LogP contribution in [0, 0.1) is 5.82 Å². The largest absolute Gasteiger partial charge is 0.496 e. The van der Waals surface area contributed by atoms with Crippen LogP contribution >= 0.6 is 11.6 Å². The first-order chi connectivity index (χ1) is 19.7. The Bertz CT molecular complexity index is 1460. The number of carbonyl (C=O) groups is 1. The Morgan fingerprint density at radius 2 is 1.80 bits per heavy atom. The van der Waals surface area contributed by atoms with Gasteiger partial charge in [-0.15, -0.1) is 0 Å². The van der Waals surface area contributed by atoms with E-state index in [1.807, 2.05) is 13.1 Å². The Balaban J connectivity index is 1.56. The van der Waals surface area contributed by atoms with Gasteiger partial charge in [-0.05, 0) is 48.9 Å². The van der Waals surface area contributed by atoms with Gasteiger partial charge in [0.15, 0.2) is 11.2 Å². The van der Waals surface area contributed by atoms with Crippen molar-refractivity contribution in [2.75, 3.05) is 47.4 Å². The summed E-state index contributed by atoms with van der Waals surface area (Å²) < 4.78 is 32.8. The van der Waals surface area contributed by atoms with E-state index in [4.69, 9.17) is 25.8 Å². The summed E-state index contributed by atoms with van der Waals surface area (Å²) in [5, 5.41) is 16.8. The van der Waals surface area contributed by atoms with Gasteiger partial charge >= 0.3 is 6.03 Å². The molecule has 1 aliphatic carbocycles. The van der Waals surface area contributed by atoms with Crippen molar-refractivity contribution in [1.82, 2.24) is 15.1 Å². The Hall–Kier alpha value is -3.53. The van der Waals surface area contributed by atoms with Gasteiger partial charge in [0.1, 0.15) is 23.1 Å². The lowest BCUT2D eigenvalue weighted by atomic mass is 9.71. The second kappa shape index (κ2) is 10.4. The molecule has 6 rings (SSSR count). The van der Waals surface area contributed by atoms with Gasteiger partial charge in [0.2, 0.25) is 0 Å². The van der Waals surface area contributed by atoms with Crippen LogP contribution in [0.1, 0.15) is 29.0 Å². The number of nitrogens with one attached hydrogen (secondary N) is 1. The Morgan fingerprint density at radius 1 is 1.07 bits per heavy atom. The van der Waals surface area contributed by atoms with Crippen molar-refractivity contribution in [3.8, 4) is 17.2 Å². The van der Waals surface area contributed by atoms with E-state index in [0.29, 0.717) is 52.1 Å². The van der Waals surface area contributed by atoms with E-state index in [2.05, 4.69) is 10.2 Å². The number of aliphatic hydroxyl groups is 1. The minimum absolute atomic E-state index is 0.274. The summed E-state index contributed by atoms with van der Waals surface area (Å²) in [6.45, 7) is 2.64. The fraction of sp³-hybridized carbons (Fsp3) is 0.387. The van der Waals surface area contributed by atoms with Gasteiger partial charge in [-0.1, -0.05) is 35.9 Å². The molecule has 2 fully saturated rings. The molecule has 1 saturated carbocycles. The monoisotopic (exact) mass is 581 g/mol. The molecular formula is C31H33ClFN3O5. The van der Waals surface area contributed by atoms with Gasteiger partial charge in [0.05, 0.1) is 25.8 Å². The summed E-state index contributed by atoms with van der Waals surface area (Å²) in [7, 11) is 5.07. The average Bonchev–Trinajstić information content (AvgIpc) is 3.38. The maximum absolute atomic E-state index is 14.7. The van der Waals surface area contributed by atoms with Crippen LogP contribution in [0.5, 0.6) is 17.2 Å². The number of urea groups is 1. The number of nitrogens with zero attached hydrogens (tertiary/aromatic N) is 2. The van der Waals surface area contributed by atoms with E-state index < -0.39 is 29.0 Å². The van der Waals surface area contributed by atoms with Crippen LogP contribution in [-0.4, -0.2) is 74.4 Å². The van der Waals surface area contributed by atoms with Crippen LogP contribution in [0.4, 0.5) is 9.18 Å². The van der Waals surface area contributed by atoms with Crippen LogP contribution < -0.4 is 19.5 Å². The van der Waals surface area contributed by atoms with Crippen molar-refractivity contribution in [2.24, 2.45) is 0 Å². The Morgan fingerprint density at radius 3 is 2.46 bits per heavy atom. The number of amides is 2. The molecule has 2 aliphatic heterocycles. The highest BCUT2D eigenvalue weighted by molar-refractivity contribution is 6.30. The first-order valence-corrected chi connectivity index (χ1v) is 14.0. The molecule has 2 heterocycles. The molecule has 41 heavy (non-hydrogen) atoms. The fourth-order valence-corrected chi connectivity index (χ4v) is 6.89. The third kappa shape index (κ3) is 4.29. The number of fused-ring (bicyclic) bond motifs is 3. The maximum Gasteiger partial charge on any atom is 0.317 e. The first-order valence-electron chi connectivity index (χ1n) is 13.6. The van der Waals surface area contributed by atoms with Crippen molar-refractivity contribution >= 4 is 17.6 Å². The zero-order valence-corrected chi connectivity index (χ0v) is 24.0. The lowest BCUT2D eigenvalue weighted by molar-refractivity contribution is -0.116. The van der Waals surface area contributed by atoms with Gasteiger partial charge in [0.25, 0.3) is 0 Å². The minimum atomic E-state index is -1.81. The molecule has 1 saturated heterocycles. The van der Waals surface area contributed by atoms with Crippen molar-refractivity contribution in [3.05, 3.63) is 88.2 Å². The number of carbonyl (C=O) groups excluding carboxylic acids is 1. The summed E-state index contributed by atoms with van der Waals surface area (Å²) in [4.78, 5) is 17.6. The average molecular weight is 582 g/mol. The normalized spacial score (nSPS) is 27.1. The van der Waals surface area contributed by atoms with E-state index in [9.17, 15) is 14.3 Å². The molecule has 3 aromatic rings. The molecule has 0 bridgehead atoms. The molecule has 3 aliphatic rings. The minimum Gasteiger partial charge on any atom is -0.496 e. The third-order valence-corrected chi connectivity index (χ3v) is 9.04. The molecule has 4 atom stereocenters. The second-order valence-electron chi connectivity index (χ2n) is 10.9. The Labute approximate surface area is 243 Å². The first kappa shape index (κ1) is 27.6. The van der Waals surface area contributed by atoms with Crippen LogP contribution in [0.25, 0.3) is 0 Å². The summed E-state index contributed by atoms with van der Waals surface area (Å²) in [6, 6.07) is 15.7. The van der Waals surface area contributed by atoms with E-state index in [1.165, 1.54) is 26.4 Å². The number of rotatable bonds is 5. The van der Waals surface area contributed by atoms with Crippen molar-refractivity contribution in [3.63, 3.8) is 0 Å². The lowest BCUT2D eigenvalue weighted by Crippen LogP contribution is -2.59. The van der Waals surface area contributed by atoms with Gasteiger partial charge in [-0.2, -0.15) is 0 Å². The van der Waals surface area contributed by atoms with Crippen molar-refractivity contribution in [2.45, 2.75) is 29.6 Å². The van der Waals surface area contributed by atoms with Crippen LogP contribution in [0.15, 0.2) is 60.7 Å². The van der Waals surface area contributed by atoms with Crippen molar-refractivity contribution in [1.29, 1.82) is 0 Å². The third-order valence-electron chi connectivity index (χ3n) is 8.79. The zero-order valence-electron chi connectivity index (χ0n) is 23.2. The summed E-state index contributed by atoms with van der Waals surface area (Å²) >= 11 is 6.28. The van der Waals surface area contributed by atoms with Crippen LogP contribution in [0.2, 0.25) is 5.02 Å². The highest BCUT2D eigenvalue weighted by Gasteiger charge is 2.74. The SMILES string of the molecule is COc1cc(OC)c2c(c1)O[C@@]1(c3ccc(Cl)cc3)[C@H](c3cccc(F)c3)C[C@H](NC(=O)N3CCN(C)CC3)[C@@]21O. The summed E-state index contributed by atoms with van der Waals surface area (Å²) in [5.74, 6) is 0.230. The molecule has 0 aromatic heterocycles. The number of hydrogen-bond acceptors (Lipinski definition) is 6. The molecule has 2 N–H and O–H groups in total. The topological polar surface area (TPSA) is 83.5 Å². The molecule has 0 radical (unpaired) electrons. The molecule has 216 valence electrons. The number of halogens is 2. The lowest BCUT2D eigenvalue weighted by Gasteiger charge is -2.42.